The molecule has 1 aliphatic heterocycles. The smallest absolute Gasteiger partial charge is 0.289 e. The highest BCUT2D eigenvalue weighted by molar-refractivity contribution is 5.91. The van der Waals surface area contributed by atoms with Crippen molar-refractivity contribution in [3.63, 3.8) is 0 Å². The van der Waals surface area contributed by atoms with Crippen LogP contribution in [0.5, 0.6) is 5.88 Å². The van der Waals surface area contributed by atoms with Gasteiger partial charge in [-0.15, -0.1) is 10.2 Å². The first-order valence-corrected chi connectivity index (χ1v) is 7.14. The Morgan fingerprint density at radius 3 is 2.86 bits per heavy atom. The van der Waals surface area contributed by atoms with E-state index in [1.54, 1.807) is 23.1 Å². The van der Waals surface area contributed by atoms with Crippen molar-refractivity contribution in [2.45, 2.75) is 12.5 Å². The number of aromatic nitrogens is 2. The van der Waals surface area contributed by atoms with E-state index in [-0.39, 0.29) is 12.0 Å². The van der Waals surface area contributed by atoms with Gasteiger partial charge >= 0.3 is 0 Å². The van der Waals surface area contributed by atoms with E-state index in [1.807, 2.05) is 25.1 Å². The predicted octanol–water partition coefficient (Wildman–Crippen LogP) is 1.43. The van der Waals surface area contributed by atoms with E-state index < -0.39 is 0 Å². The van der Waals surface area contributed by atoms with Crippen LogP contribution in [0.4, 0.5) is 5.82 Å². The third-order valence-corrected chi connectivity index (χ3v) is 3.54. The molecule has 2 aromatic rings. The summed E-state index contributed by atoms with van der Waals surface area (Å²) >= 11 is 0. The van der Waals surface area contributed by atoms with Gasteiger partial charge in [0.25, 0.3) is 5.91 Å². The van der Waals surface area contributed by atoms with Crippen LogP contribution in [0.2, 0.25) is 0 Å². The molecule has 1 aliphatic rings. The van der Waals surface area contributed by atoms with Gasteiger partial charge in [-0.25, -0.2) is 0 Å². The monoisotopic (exact) mass is 302 g/mol. The number of amides is 1. The average molecular weight is 302 g/mol. The van der Waals surface area contributed by atoms with Gasteiger partial charge in [0.1, 0.15) is 6.10 Å². The highest BCUT2D eigenvalue weighted by Crippen LogP contribution is 2.19. The van der Waals surface area contributed by atoms with Gasteiger partial charge in [0, 0.05) is 33.1 Å². The number of carbonyl (C=O) groups is 1. The van der Waals surface area contributed by atoms with Crippen LogP contribution in [0.1, 0.15) is 17.0 Å². The van der Waals surface area contributed by atoms with Crippen molar-refractivity contribution in [1.82, 2.24) is 15.1 Å². The Kier molecular flexibility index (Phi) is 3.95. The Bertz CT molecular complexity index is 625. The number of hydrogen-bond donors (Lipinski definition) is 0. The maximum Gasteiger partial charge on any atom is 0.289 e. The summed E-state index contributed by atoms with van der Waals surface area (Å²) < 4.78 is 10.9. The number of nitrogens with zero attached hydrogens (tertiary/aromatic N) is 4. The molecule has 0 radical (unpaired) electrons. The highest BCUT2D eigenvalue weighted by atomic mass is 16.5. The van der Waals surface area contributed by atoms with Gasteiger partial charge in [-0.05, 0) is 18.2 Å². The highest BCUT2D eigenvalue weighted by Gasteiger charge is 2.29. The Morgan fingerprint density at radius 1 is 1.36 bits per heavy atom. The molecular weight excluding hydrogens is 284 g/mol. The topological polar surface area (TPSA) is 71.7 Å². The molecule has 3 rings (SSSR count). The van der Waals surface area contributed by atoms with Gasteiger partial charge < -0.3 is 19.0 Å². The van der Waals surface area contributed by atoms with Gasteiger partial charge in [-0.3, -0.25) is 4.79 Å². The number of likely N-dealkylation sites (tertiary alicyclic amines) is 1. The summed E-state index contributed by atoms with van der Waals surface area (Å²) in [5.41, 5.74) is 0. The lowest BCUT2D eigenvalue weighted by atomic mass is 10.3. The SMILES string of the molecule is CN(C)c1ccc(O[C@H]2CCN(C(=O)c3ccco3)C2)nn1. The Morgan fingerprint density at radius 2 is 2.23 bits per heavy atom. The Hall–Kier alpha value is -2.57. The number of hydrogen-bond acceptors (Lipinski definition) is 6. The molecule has 2 aromatic heterocycles. The van der Waals surface area contributed by atoms with Crippen LogP contribution < -0.4 is 9.64 Å². The second kappa shape index (κ2) is 6.05. The molecule has 0 unspecified atom stereocenters. The molecule has 7 nitrogen and oxygen atoms in total. The molecule has 22 heavy (non-hydrogen) atoms. The second-order valence-electron chi connectivity index (χ2n) is 5.38. The molecule has 1 fully saturated rings. The Labute approximate surface area is 128 Å². The maximum atomic E-state index is 12.2. The zero-order valence-corrected chi connectivity index (χ0v) is 12.6. The maximum absolute atomic E-state index is 12.2. The normalized spacial score (nSPS) is 17.5. The molecular formula is C15H18N4O3. The van der Waals surface area contributed by atoms with Gasteiger partial charge in [-0.2, -0.15) is 0 Å². The van der Waals surface area contributed by atoms with Crippen LogP contribution in [-0.4, -0.2) is 54.3 Å². The summed E-state index contributed by atoms with van der Waals surface area (Å²) in [4.78, 5) is 15.8. The summed E-state index contributed by atoms with van der Waals surface area (Å²) in [5, 5.41) is 8.12. The molecule has 1 amide bonds. The number of carbonyl (C=O) groups excluding carboxylic acids is 1. The quantitative estimate of drug-likeness (QED) is 0.851. The van der Waals surface area contributed by atoms with E-state index in [2.05, 4.69) is 10.2 Å². The fraction of sp³-hybridized carbons (Fsp3) is 0.400. The lowest BCUT2D eigenvalue weighted by Gasteiger charge is -2.16. The molecule has 0 N–H and O–H groups in total. The molecule has 0 bridgehead atoms. The number of anilines is 1. The van der Waals surface area contributed by atoms with Crippen molar-refractivity contribution in [2.24, 2.45) is 0 Å². The lowest BCUT2D eigenvalue weighted by Crippen LogP contribution is -2.30. The fourth-order valence-corrected chi connectivity index (χ4v) is 2.35. The van der Waals surface area contributed by atoms with E-state index in [0.717, 1.165) is 12.2 Å². The molecule has 116 valence electrons. The lowest BCUT2D eigenvalue weighted by molar-refractivity contribution is 0.0739. The van der Waals surface area contributed by atoms with Crippen LogP contribution in [0.15, 0.2) is 34.9 Å². The summed E-state index contributed by atoms with van der Waals surface area (Å²) in [5.74, 6) is 1.50. The summed E-state index contributed by atoms with van der Waals surface area (Å²) in [6.07, 6.45) is 2.20. The van der Waals surface area contributed by atoms with Crippen molar-refractivity contribution >= 4 is 11.7 Å². The number of furan rings is 1. The average Bonchev–Trinajstić information content (AvgIpc) is 3.19. The first-order valence-electron chi connectivity index (χ1n) is 7.14. The molecule has 7 heteroatoms. The molecule has 1 saturated heterocycles. The van der Waals surface area contributed by atoms with Crippen LogP contribution in [0, 0.1) is 0 Å². The van der Waals surface area contributed by atoms with E-state index in [1.165, 1.54) is 6.26 Å². The van der Waals surface area contributed by atoms with Gasteiger partial charge in [0.2, 0.25) is 5.88 Å². The second-order valence-corrected chi connectivity index (χ2v) is 5.38. The largest absolute Gasteiger partial charge is 0.471 e. The first kappa shape index (κ1) is 14.4. The van der Waals surface area contributed by atoms with Gasteiger partial charge in [-0.1, -0.05) is 0 Å². The van der Waals surface area contributed by atoms with Crippen LogP contribution in [0.25, 0.3) is 0 Å². The summed E-state index contributed by atoms with van der Waals surface area (Å²) in [6.45, 7) is 1.17. The molecule has 0 saturated carbocycles. The van der Waals surface area contributed by atoms with E-state index in [0.29, 0.717) is 24.7 Å². The van der Waals surface area contributed by atoms with Crippen LogP contribution in [-0.2, 0) is 0 Å². The number of ether oxygens (including phenoxy) is 1. The molecule has 3 heterocycles. The van der Waals surface area contributed by atoms with E-state index in [9.17, 15) is 4.79 Å². The number of rotatable bonds is 4. The van der Waals surface area contributed by atoms with Crippen LogP contribution in [0.3, 0.4) is 0 Å². The van der Waals surface area contributed by atoms with Crippen molar-refractivity contribution in [2.75, 3.05) is 32.1 Å². The van der Waals surface area contributed by atoms with E-state index >= 15 is 0 Å². The van der Waals surface area contributed by atoms with Crippen molar-refractivity contribution in [3.05, 3.63) is 36.3 Å². The minimum Gasteiger partial charge on any atom is -0.471 e. The van der Waals surface area contributed by atoms with Gasteiger partial charge in [0.05, 0.1) is 12.8 Å². The van der Waals surface area contributed by atoms with Gasteiger partial charge in [0.15, 0.2) is 11.6 Å². The zero-order valence-electron chi connectivity index (χ0n) is 12.6. The Balaban J connectivity index is 1.58. The minimum atomic E-state index is -0.106. The zero-order chi connectivity index (χ0) is 15.5. The third kappa shape index (κ3) is 3.03. The van der Waals surface area contributed by atoms with E-state index in [4.69, 9.17) is 9.15 Å². The third-order valence-electron chi connectivity index (χ3n) is 3.54. The molecule has 0 aromatic carbocycles. The van der Waals surface area contributed by atoms with Crippen molar-refractivity contribution in [1.29, 1.82) is 0 Å². The molecule has 1 atom stereocenters. The van der Waals surface area contributed by atoms with Crippen molar-refractivity contribution in [3.8, 4) is 5.88 Å². The summed E-state index contributed by atoms with van der Waals surface area (Å²) in [7, 11) is 3.80. The standard InChI is InChI=1S/C15H18N4O3/c1-18(2)13-5-6-14(17-16-13)22-11-7-8-19(10-11)15(20)12-4-3-9-21-12/h3-6,9,11H,7-8,10H2,1-2H3/t11-/m0/s1. The molecule has 0 aliphatic carbocycles. The molecule has 0 spiro atoms. The first-order chi connectivity index (χ1) is 10.6. The minimum absolute atomic E-state index is 0.0709. The van der Waals surface area contributed by atoms with Crippen LogP contribution >= 0.6 is 0 Å². The van der Waals surface area contributed by atoms with Crippen molar-refractivity contribution < 1.29 is 13.9 Å². The fourth-order valence-electron chi connectivity index (χ4n) is 2.35. The predicted molar refractivity (Wildman–Crippen MR) is 80.0 cm³/mol. The summed E-state index contributed by atoms with van der Waals surface area (Å²) in [6, 6.07) is 7.02.